The van der Waals surface area contributed by atoms with E-state index in [0.29, 0.717) is 34.4 Å². The van der Waals surface area contributed by atoms with Gasteiger partial charge in [0.15, 0.2) is 16.6 Å². The molecule has 2 aromatic rings. The van der Waals surface area contributed by atoms with Crippen LogP contribution in [0.2, 0.25) is 0 Å². The predicted molar refractivity (Wildman–Crippen MR) is 89.6 cm³/mol. The molecule has 126 valence electrons. The van der Waals surface area contributed by atoms with Gasteiger partial charge in [0.2, 0.25) is 12.7 Å². The van der Waals surface area contributed by atoms with Crippen molar-refractivity contribution in [3.8, 4) is 11.5 Å². The minimum atomic E-state index is -0.287. The zero-order chi connectivity index (χ0) is 16.9. The molecule has 2 heterocycles. The van der Waals surface area contributed by atoms with Crippen LogP contribution in [0.4, 0.5) is 5.13 Å². The van der Waals surface area contributed by atoms with E-state index in [-0.39, 0.29) is 25.0 Å². The van der Waals surface area contributed by atoms with Gasteiger partial charge in [-0.1, -0.05) is 6.92 Å². The number of rotatable bonds is 6. The minimum Gasteiger partial charge on any atom is -0.454 e. The lowest BCUT2D eigenvalue weighted by Gasteiger charge is -2.03. The number of anilines is 1. The Morgan fingerprint density at radius 2 is 2.12 bits per heavy atom. The highest BCUT2D eigenvalue weighted by molar-refractivity contribution is 7.14. The largest absolute Gasteiger partial charge is 0.454 e. The number of amides is 2. The van der Waals surface area contributed by atoms with Crippen molar-refractivity contribution in [3.63, 3.8) is 0 Å². The molecule has 0 saturated heterocycles. The Morgan fingerprint density at radius 1 is 1.29 bits per heavy atom. The number of hydrogen-bond acceptors (Lipinski definition) is 6. The molecule has 7 nitrogen and oxygen atoms in total. The third-order valence-corrected chi connectivity index (χ3v) is 4.13. The first-order valence-electron chi connectivity index (χ1n) is 7.58. The van der Waals surface area contributed by atoms with Gasteiger partial charge in [-0.05, 0) is 24.6 Å². The maximum atomic E-state index is 12.3. The van der Waals surface area contributed by atoms with Gasteiger partial charge in [-0.3, -0.25) is 14.9 Å². The molecule has 1 aromatic heterocycles. The lowest BCUT2D eigenvalue weighted by atomic mass is 10.2. The Balaban J connectivity index is 1.60. The van der Waals surface area contributed by atoms with Crippen LogP contribution < -0.4 is 20.1 Å². The molecule has 0 unspecified atom stereocenters. The lowest BCUT2D eigenvalue weighted by molar-refractivity contribution is -0.120. The van der Waals surface area contributed by atoms with E-state index in [4.69, 9.17) is 9.47 Å². The molecule has 0 fully saturated rings. The fourth-order valence-corrected chi connectivity index (χ4v) is 2.85. The normalized spacial score (nSPS) is 12.0. The van der Waals surface area contributed by atoms with Crippen LogP contribution in [0.1, 0.15) is 29.4 Å². The number of carbonyl (C=O) groups excluding carboxylic acids is 2. The summed E-state index contributed by atoms with van der Waals surface area (Å²) in [7, 11) is 0. The predicted octanol–water partition coefficient (Wildman–Crippen LogP) is 2.19. The average molecular weight is 347 g/mol. The molecule has 0 aliphatic carbocycles. The van der Waals surface area contributed by atoms with Gasteiger partial charge in [-0.25, -0.2) is 4.98 Å². The molecule has 0 atom stereocenters. The molecule has 1 aliphatic rings. The monoisotopic (exact) mass is 347 g/mol. The number of benzene rings is 1. The highest BCUT2D eigenvalue weighted by atomic mass is 32.1. The smallest absolute Gasteiger partial charge is 0.257 e. The minimum absolute atomic E-state index is 0.0733. The zero-order valence-electron chi connectivity index (χ0n) is 13.1. The van der Waals surface area contributed by atoms with Gasteiger partial charge >= 0.3 is 0 Å². The first-order valence-corrected chi connectivity index (χ1v) is 8.46. The van der Waals surface area contributed by atoms with Gasteiger partial charge < -0.3 is 14.8 Å². The van der Waals surface area contributed by atoms with Gasteiger partial charge in [0.25, 0.3) is 5.91 Å². The van der Waals surface area contributed by atoms with Crippen molar-refractivity contribution in [1.82, 2.24) is 10.3 Å². The number of aromatic nitrogens is 1. The fraction of sp³-hybridized carbons (Fsp3) is 0.312. The maximum absolute atomic E-state index is 12.3. The van der Waals surface area contributed by atoms with Crippen molar-refractivity contribution < 1.29 is 19.1 Å². The Kier molecular flexibility index (Phi) is 4.95. The highest BCUT2D eigenvalue weighted by Crippen LogP contribution is 2.32. The van der Waals surface area contributed by atoms with Gasteiger partial charge in [0.05, 0.1) is 12.1 Å². The Labute approximate surface area is 143 Å². The quantitative estimate of drug-likeness (QED) is 0.836. The number of fused-ring (bicyclic) bond motifs is 1. The molecule has 2 N–H and O–H groups in total. The molecular formula is C16H17N3O4S. The summed E-state index contributed by atoms with van der Waals surface area (Å²) in [6.45, 7) is 2.81. The standard InChI is InChI=1S/C16H17N3O4S/c1-2-5-17-14(20)7-11-8-24-16(18-11)19-15(21)10-3-4-12-13(6-10)23-9-22-12/h3-4,6,8H,2,5,7,9H2,1H3,(H,17,20)(H,18,19,21). The molecule has 2 amide bonds. The maximum Gasteiger partial charge on any atom is 0.257 e. The molecule has 0 radical (unpaired) electrons. The van der Waals surface area contributed by atoms with Crippen LogP contribution in [0.3, 0.4) is 0 Å². The van der Waals surface area contributed by atoms with Crippen LogP contribution in [0, 0.1) is 0 Å². The van der Waals surface area contributed by atoms with Crippen LogP contribution in [0.25, 0.3) is 0 Å². The van der Waals surface area contributed by atoms with E-state index in [1.165, 1.54) is 11.3 Å². The van der Waals surface area contributed by atoms with E-state index in [0.717, 1.165) is 6.42 Å². The van der Waals surface area contributed by atoms with Crippen molar-refractivity contribution in [1.29, 1.82) is 0 Å². The number of hydrogen-bond donors (Lipinski definition) is 2. The van der Waals surface area contributed by atoms with Gasteiger partial charge in [-0.2, -0.15) is 0 Å². The Hall–Kier alpha value is -2.61. The topological polar surface area (TPSA) is 89.6 Å². The van der Waals surface area contributed by atoms with Crippen LogP contribution in [0.15, 0.2) is 23.6 Å². The van der Waals surface area contributed by atoms with Crippen molar-refractivity contribution >= 4 is 28.3 Å². The second-order valence-electron chi connectivity index (χ2n) is 5.19. The molecule has 1 aliphatic heterocycles. The van der Waals surface area contributed by atoms with Crippen LogP contribution >= 0.6 is 11.3 Å². The summed E-state index contributed by atoms with van der Waals surface area (Å²) in [4.78, 5) is 28.2. The summed E-state index contributed by atoms with van der Waals surface area (Å²) in [5.41, 5.74) is 1.09. The van der Waals surface area contributed by atoms with Crippen LogP contribution in [0.5, 0.6) is 11.5 Å². The number of thiazole rings is 1. The van der Waals surface area contributed by atoms with Crippen LogP contribution in [-0.4, -0.2) is 30.1 Å². The molecule has 1 aromatic carbocycles. The van der Waals surface area contributed by atoms with E-state index in [1.54, 1.807) is 23.6 Å². The SMILES string of the molecule is CCCNC(=O)Cc1csc(NC(=O)c2ccc3c(c2)OCO3)n1. The Bertz CT molecular complexity index is 760. The number of nitrogens with zero attached hydrogens (tertiary/aromatic N) is 1. The molecule has 24 heavy (non-hydrogen) atoms. The molecule has 3 rings (SSSR count). The van der Waals surface area contributed by atoms with E-state index < -0.39 is 0 Å². The van der Waals surface area contributed by atoms with Crippen molar-refractivity contribution in [3.05, 3.63) is 34.8 Å². The summed E-state index contributed by atoms with van der Waals surface area (Å²) < 4.78 is 10.5. The number of nitrogens with one attached hydrogen (secondary N) is 2. The first kappa shape index (κ1) is 16.3. The van der Waals surface area contributed by atoms with Gasteiger partial charge in [-0.15, -0.1) is 11.3 Å². The zero-order valence-corrected chi connectivity index (χ0v) is 13.9. The van der Waals surface area contributed by atoms with Crippen molar-refractivity contribution in [2.45, 2.75) is 19.8 Å². The summed E-state index contributed by atoms with van der Waals surface area (Å²) in [6.07, 6.45) is 1.09. The highest BCUT2D eigenvalue weighted by Gasteiger charge is 2.17. The summed E-state index contributed by atoms with van der Waals surface area (Å²) in [6, 6.07) is 4.99. The lowest BCUT2D eigenvalue weighted by Crippen LogP contribution is -2.25. The third-order valence-electron chi connectivity index (χ3n) is 3.32. The number of carbonyl (C=O) groups is 2. The summed E-state index contributed by atoms with van der Waals surface area (Å²) in [5.74, 6) is 0.816. The number of ether oxygens (including phenoxy) is 2. The van der Waals surface area contributed by atoms with Crippen molar-refractivity contribution in [2.24, 2.45) is 0 Å². The average Bonchev–Trinajstić information content (AvgIpc) is 3.21. The molecular weight excluding hydrogens is 330 g/mol. The van der Waals surface area contributed by atoms with Crippen molar-refractivity contribution in [2.75, 3.05) is 18.7 Å². The van der Waals surface area contributed by atoms with Gasteiger partial charge in [0, 0.05) is 17.5 Å². The van der Waals surface area contributed by atoms with Crippen LogP contribution in [-0.2, 0) is 11.2 Å². The molecule has 0 spiro atoms. The van der Waals surface area contributed by atoms with Gasteiger partial charge in [0.1, 0.15) is 0 Å². The second kappa shape index (κ2) is 7.31. The van der Waals surface area contributed by atoms with E-state index >= 15 is 0 Å². The van der Waals surface area contributed by atoms with E-state index in [9.17, 15) is 9.59 Å². The summed E-state index contributed by atoms with van der Waals surface area (Å²) in [5, 5.41) is 7.74. The van der Waals surface area contributed by atoms with E-state index in [1.807, 2.05) is 6.92 Å². The summed E-state index contributed by atoms with van der Waals surface area (Å²) >= 11 is 1.28. The molecule has 0 saturated carbocycles. The Morgan fingerprint density at radius 3 is 2.96 bits per heavy atom. The fourth-order valence-electron chi connectivity index (χ4n) is 2.14. The first-order chi connectivity index (χ1) is 11.7. The molecule has 0 bridgehead atoms. The third kappa shape index (κ3) is 3.83. The van der Waals surface area contributed by atoms with E-state index in [2.05, 4.69) is 15.6 Å². The second-order valence-corrected chi connectivity index (χ2v) is 6.05. The molecule has 8 heteroatoms.